The van der Waals surface area contributed by atoms with E-state index < -0.39 is 29.6 Å². The molecule has 2 heterocycles. The summed E-state index contributed by atoms with van der Waals surface area (Å²) in [4.78, 5) is 65.8. The summed E-state index contributed by atoms with van der Waals surface area (Å²) < 4.78 is 21.8. The first-order valence-electron chi connectivity index (χ1n) is 14.0. The standard InChI is InChI=1S/C30H32ClN3O9S/c1-3-11-42-29(38)21-16-20(6-7-22(21)31)32-26(35)17-34-28(37)25(44-30(34)39)15-19-5-8-23(24(14-19)41-4-2)43-18-27(36)33-9-12-40-13-10-33/h5-8,14-16H,3-4,9-13,17-18H2,1-2H3,(H,32,35)/b25-15-. The highest BCUT2D eigenvalue weighted by atomic mass is 35.5. The highest BCUT2D eigenvalue weighted by Crippen LogP contribution is 2.35. The van der Waals surface area contributed by atoms with Gasteiger partial charge >= 0.3 is 5.97 Å². The smallest absolute Gasteiger partial charge is 0.339 e. The van der Waals surface area contributed by atoms with Gasteiger partial charge in [-0.25, -0.2) is 4.79 Å². The number of carbonyl (C=O) groups excluding carboxylic acids is 5. The number of nitrogens with one attached hydrogen (secondary N) is 1. The molecule has 0 spiro atoms. The van der Waals surface area contributed by atoms with Gasteiger partial charge in [0.2, 0.25) is 5.91 Å². The quantitative estimate of drug-likeness (QED) is 0.263. The van der Waals surface area contributed by atoms with Crippen molar-refractivity contribution in [2.75, 3.05) is 58.0 Å². The molecule has 1 N–H and O–H groups in total. The van der Waals surface area contributed by atoms with E-state index in [1.165, 1.54) is 24.3 Å². The number of anilines is 1. The lowest BCUT2D eigenvalue weighted by Crippen LogP contribution is -2.43. The molecule has 0 radical (unpaired) electrons. The van der Waals surface area contributed by atoms with Gasteiger partial charge in [-0.05, 0) is 67.1 Å². The van der Waals surface area contributed by atoms with Crippen LogP contribution in [0, 0.1) is 0 Å². The molecule has 44 heavy (non-hydrogen) atoms. The van der Waals surface area contributed by atoms with Crippen LogP contribution in [0.2, 0.25) is 5.02 Å². The van der Waals surface area contributed by atoms with E-state index in [9.17, 15) is 24.0 Å². The van der Waals surface area contributed by atoms with E-state index in [4.69, 9.17) is 30.5 Å². The van der Waals surface area contributed by atoms with Crippen molar-refractivity contribution in [3.05, 3.63) is 57.5 Å². The largest absolute Gasteiger partial charge is 0.490 e. The normalized spacial score (nSPS) is 15.8. The fourth-order valence-electron chi connectivity index (χ4n) is 4.21. The van der Waals surface area contributed by atoms with E-state index in [-0.39, 0.29) is 40.3 Å². The van der Waals surface area contributed by atoms with Gasteiger partial charge in [0.25, 0.3) is 17.1 Å². The molecule has 0 bridgehead atoms. The van der Waals surface area contributed by atoms with Crippen LogP contribution in [0.5, 0.6) is 11.5 Å². The summed E-state index contributed by atoms with van der Waals surface area (Å²) in [6.07, 6.45) is 2.15. The Hall–Kier alpha value is -4.07. The van der Waals surface area contributed by atoms with Crippen LogP contribution in [0.25, 0.3) is 6.08 Å². The van der Waals surface area contributed by atoms with Crippen molar-refractivity contribution in [1.29, 1.82) is 0 Å². The first-order chi connectivity index (χ1) is 21.2. The zero-order valence-electron chi connectivity index (χ0n) is 24.3. The van der Waals surface area contributed by atoms with Crippen LogP contribution in [0.3, 0.4) is 0 Å². The van der Waals surface area contributed by atoms with Gasteiger partial charge in [0, 0.05) is 18.8 Å². The van der Waals surface area contributed by atoms with E-state index in [0.29, 0.717) is 68.2 Å². The van der Waals surface area contributed by atoms with Crippen LogP contribution in [0.4, 0.5) is 10.5 Å². The number of imide groups is 1. The molecule has 12 nitrogen and oxygen atoms in total. The molecule has 2 aliphatic heterocycles. The predicted molar refractivity (Wildman–Crippen MR) is 164 cm³/mol. The predicted octanol–water partition coefficient (Wildman–Crippen LogP) is 4.22. The lowest BCUT2D eigenvalue weighted by atomic mass is 10.2. The monoisotopic (exact) mass is 645 g/mol. The molecule has 2 aromatic carbocycles. The second kappa shape index (κ2) is 15.6. The summed E-state index contributed by atoms with van der Waals surface area (Å²) in [7, 11) is 0. The summed E-state index contributed by atoms with van der Waals surface area (Å²) in [5, 5.41) is 2.13. The van der Waals surface area contributed by atoms with Crippen molar-refractivity contribution in [1.82, 2.24) is 9.80 Å². The fraction of sp³-hybridized carbons (Fsp3) is 0.367. The Bertz CT molecular complexity index is 1460. The molecule has 234 valence electrons. The number of rotatable bonds is 12. The van der Waals surface area contributed by atoms with Crippen molar-refractivity contribution in [3.8, 4) is 11.5 Å². The lowest BCUT2D eigenvalue weighted by molar-refractivity contribution is -0.137. The number of ether oxygens (including phenoxy) is 4. The van der Waals surface area contributed by atoms with E-state index in [2.05, 4.69) is 5.32 Å². The number of hydrogen-bond donors (Lipinski definition) is 1. The topological polar surface area (TPSA) is 141 Å². The third-order valence-corrected chi connectivity index (χ3v) is 7.60. The first-order valence-corrected chi connectivity index (χ1v) is 15.2. The third kappa shape index (κ3) is 8.52. The fourth-order valence-corrected chi connectivity index (χ4v) is 5.24. The van der Waals surface area contributed by atoms with Gasteiger partial charge in [-0.15, -0.1) is 0 Å². The highest BCUT2D eigenvalue weighted by molar-refractivity contribution is 8.18. The number of amides is 4. The third-order valence-electron chi connectivity index (χ3n) is 6.36. The Morgan fingerprint density at radius 2 is 1.82 bits per heavy atom. The number of esters is 1. The molecule has 14 heteroatoms. The molecule has 0 saturated carbocycles. The summed E-state index contributed by atoms with van der Waals surface area (Å²) in [6.45, 7) is 5.50. The minimum atomic E-state index is -0.643. The zero-order valence-corrected chi connectivity index (χ0v) is 25.8. The Morgan fingerprint density at radius 3 is 2.55 bits per heavy atom. The summed E-state index contributed by atoms with van der Waals surface area (Å²) >= 11 is 6.81. The van der Waals surface area contributed by atoms with Gasteiger partial charge in [0.05, 0.1) is 41.9 Å². The SMILES string of the molecule is CCCOC(=O)c1cc(NC(=O)CN2C(=O)S/C(=C\c3ccc(OCC(=O)N4CCOCC4)c(OCC)c3)C2=O)ccc1Cl. The minimum Gasteiger partial charge on any atom is -0.490 e. The lowest BCUT2D eigenvalue weighted by Gasteiger charge is -2.26. The van der Waals surface area contributed by atoms with Crippen LogP contribution < -0.4 is 14.8 Å². The van der Waals surface area contributed by atoms with Crippen LogP contribution >= 0.6 is 23.4 Å². The molecule has 2 fully saturated rings. The maximum Gasteiger partial charge on any atom is 0.339 e. The zero-order chi connectivity index (χ0) is 31.6. The molecular weight excluding hydrogens is 614 g/mol. The summed E-state index contributed by atoms with van der Waals surface area (Å²) in [6, 6.07) is 9.24. The minimum absolute atomic E-state index is 0.0820. The maximum absolute atomic E-state index is 13.1. The number of morpholine rings is 1. The molecule has 0 aliphatic carbocycles. The van der Waals surface area contributed by atoms with E-state index in [1.807, 2.05) is 6.92 Å². The molecule has 0 aromatic heterocycles. The van der Waals surface area contributed by atoms with Crippen molar-refractivity contribution in [2.45, 2.75) is 20.3 Å². The Kier molecular flexibility index (Phi) is 11.6. The number of nitrogens with zero attached hydrogens (tertiary/aromatic N) is 2. The molecule has 4 amide bonds. The molecule has 2 aromatic rings. The van der Waals surface area contributed by atoms with E-state index >= 15 is 0 Å². The average molecular weight is 646 g/mol. The van der Waals surface area contributed by atoms with Crippen LogP contribution in [0.15, 0.2) is 41.3 Å². The van der Waals surface area contributed by atoms with E-state index in [1.54, 1.807) is 30.0 Å². The number of halogens is 1. The number of thioether (sulfide) groups is 1. The van der Waals surface area contributed by atoms with E-state index in [0.717, 1.165) is 4.90 Å². The van der Waals surface area contributed by atoms with Crippen molar-refractivity contribution in [3.63, 3.8) is 0 Å². The Labute approximate surface area is 263 Å². The number of carbonyl (C=O) groups is 5. The molecule has 4 rings (SSSR count). The van der Waals surface area contributed by atoms with Crippen molar-refractivity contribution in [2.24, 2.45) is 0 Å². The van der Waals surface area contributed by atoms with Gasteiger partial charge in [-0.1, -0.05) is 24.6 Å². The van der Waals surface area contributed by atoms with Crippen LogP contribution in [-0.2, 0) is 23.9 Å². The summed E-state index contributed by atoms with van der Waals surface area (Å²) in [5.41, 5.74) is 0.889. The van der Waals surface area contributed by atoms with Crippen molar-refractivity contribution < 1.29 is 42.9 Å². The van der Waals surface area contributed by atoms with Crippen LogP contribution in [0.1, 0.15) is 36.2 Å². The molecule has 2 aliphatic rings. The van der Waals surface area contributed by atoms with Crippen molar-refractivity contribution >= 4 is 64.1 Å². The van der Waals surface area contributed by atoms with Gasteiger partial charge in [-0.3, -0.25) is 24.1 Å². The molecule has 2 saturated heterocycles. The highest BCUT2D eigenvalue weighted by Gasteiger charge is 2.36. The summed E-state index contributed by atoms with van der Waals surface area (Å²) in [5.74, 6) is -1.34. The van der Waals surface area contributed by atoms with Gasteiger partial charge in [0.1, 0.15) is 6.54 Å². The number of hydrogen-bond acceptors (Lipinski definition) is 10. The number of benzene rings is 2. The molecule has 0 atom stereocenters. The Morgan fingerprint density at radius 1 is 1.05 bits per heavy atom. The Balaban J connectivity index is 1.39. The van der Waals surface area contributed by atoms with Gasteiger partial charge in [-0.2, -0.15) is 0 Å². The van der Waals surface area contributed by atoms with Gasteiger partial charge < -0.3 is 29.2 Å². The molecular formula is C30H32ClN3O9S. The average Bonchev–Trinajstić information content (AvgIpc) is 3.27. The maximum atomic E-state index is 13.1. The van der Waals surface area contributed by atoms with Gasteiger partial charge in [0.15, 0.2) is 18.1 Å². The second-order valence-electron chi connectivity index (χ2n) is 9.57. The second-order valence-corrected chi connectivity index (χ2v) is 11.0. The molecule has 0 unspecified atom stereocenters. The first kappa shape index (κ1) is 32.8. The van der Waals surface area contributed by atoms with Crippen LogP contribution in [-0.4, -0.2) is 91.4 Å².